The van der Waals surface area contributed by atoms with Crippen LogP contribution in [0.4, 0.5) is 0 Å². The highest BCUT2D eigenvalue weighted by Crippen LogP contribution is 2.50. The summed E-state index contributed by atoms with van der Waals surface area (Å²) in [5.74, 6) is -1.12. The van der Waals surface area contributed by atoms with E-state index in [1.807, 2.05) is 54.6 Å². The minimum Gasteiger partial charge on any atom is -0.478 e. The Labute approximate surface area is 145 Å². The number of fused-ring (bicyclic) bond motifs is 1. The van der Waals surface area contributed by atoms with Crippen molar-refractivity contribution in [2.24, 2.45) is 0 Å². The number of carboxylic acids is 1. The topological polar surface area (TPSA) is 57.5 Å². The van der Waals surface area contributed by atoms with Gasteiger partial charge in [-0.3, -0.25) is 0 Å². The third kappa shape index (κ3) is 2.21. The highest BCUT2D eigenvalue weighted by molar-refractivity contribution is 6.07. The van der Waals surface area contributed by atoms with Crippen LogP contribution in [0.2, 0.25) is 0 Å². The molecular formula is C22H16O3. The van der Waals surface area contributed by atoms with Gasteiger partial charge in [-0.25, -0.2) is 4.79 Å². The molecule has 1 aliphatic carbocycles. The molecule has 3 heteroatoms. The monoisotopic (exact) mass is 328 g/mol. The Morgan fingerprint density at radius 1 is 0.760 bits per heavy atom. The smallest absolute Gasteiger partial charge is 0.335 e. The maximum Gasteiger partial charge on any atom is 0.335 e. The summed E-state index contributed by atoms with van der Waals surface area (Å²) >= 11 is 0. The Hall–Kier alpha value is -3.17. The van der Waals surface area contributed by atoms with Gasteiger partial charge in [0.25, 0.3) is 0 Å². The van der Waals surface area contributed by atoms with Gasteiger partial charge >= 0.3 is 5.97 Å². The minimum absolute atomic E-state index is 0.00824. The zero-order valence-electron chi connectivity index (χ0n) is 13.4. The number of carboxylic acid groups (broad SMARTS) is 1. The Balaban J connectivity index is 2.11. The zero-order valence-corrected chi connectivity index (χ0v) is 13.4. The lowest BCUT2D eigenvalue weighted by molar-refractivity contribution is -0.134. The fraction of sp³-hybridized carbons (Fsp3) is 0.0455. The number of aliphatic carboxylic acids is 1. The molecule has 3 aromatic rings. The zero-order chi connectivity index (χ0) is 17.4. The van der Waals surface area contributed by atoms with Crippen molar-refractivity contribution in [1.29, 1.82) is 0 Å². The summed E-state index contributed by atoms with van der Waals surface area (Å²) < 4.78 is 0. The Bertz CT molecular complexity index is 974. The van der Waals surface area contributed by atoms with Crippen molar-refractivity contribution in [3.63, 3.8) is 0 Å². The first-order valence-corrected chi connectivity index (χ1v) is 8.05. The van der Waals surface area contributed by atoms with Crippen LogP contribution in [0.15, 0.2) is 90.5 Å². The van der Waals surface area contributed by atoms with Crippen molar-refractivity contribution in [2.75, 3.05) is 0 Å². The van der Waals surface area contributed by atoms with Crippen molar-refractivity contribution in [2.45, 2.75) is 5.60 Å². The lowest BCUT2D eigenvalue weighted by Crippen LogP contribution is -2.31. The second kappa shape index (κ2) is 5.72. The summed E-state index contributed by atoms with van der Waals surface area (Å²) in [5.41, 5.74) is 1.54. The molecule has 0 bridgehead atoms. The molecule has 0 saturated carbocycles. The predicted molar refractivity (Wildman–Crippen MR) is 96.0 cm³/mol. The maximum atomic E-state index is 12.2. The molecular weight excluding hydrogens is 312 g/mol. The van der Waals surface area contributed by atoms with Gasteiger partial charge < -0.3 is 10.2 Å². The third-order valence-corrected chi connectivity index (χ3v) is 4.67. The molecule has 3 aromatic carbocycles. The highest BCUT2D eigenvalue weighted by atomic mass is 16.4. The second-order valence-corrected chi connectivity index (χ2v) is 6.04. The molecule has 0 aliphatic heterocycles. The first-order valence-electron chi connectivity index (χ1n) is 8.05. The summed E-state index contributed by atoms with van der Waals surface area (Å²) in [7, 11) is 0. The largest absolute Gasteiger partial charge is 0.478 e. The minimum atomic E-state index is -1.69. The van der Waals surface area contributed by atoms with E-state index < -0.39 is 11.6 Å². The summed E-state index contributed by atoms with van der Waals surface area (Å²) in [6.07, 6.45) is 0. The Kier molecular flexibility index (Phi) is 3.52. The number of hydrogen-bond acceptors (Lipinski definition) is 2. The molecule has 1 unspecified atom stereocenters. The van der Waals surface area contributed by atoms with Crippen LogP contribution in [-0.2, 0) is 10.4 Å². The average molecular weight is 328 g/mol. The number of rotatable bonds is 3. The van der Waals surface area contributed by atoms with Gasteiger partial charge in [0.1, 0.15) is 5.60 Å². The first kappa shape index (κ1) is 15.4. The number of carbonyl (C=O) groups is 1. The van der Waals surface area contributed by atoms with Gasteiger partial charge in [0.2, 0.25) is 0 Å². The molecule has 4 rings (SSSR count). The molecule has 2 N–H and O–H groups in total. The Morgan fingerprint density at radius 2 is 1.32 bits per heavy atom. The molecule has 25 heavy (non-hydrogen) atoms. The van der Waals surface area contributed by atoms with Gasteiger partial charge in [-0.05, 0) is 16.7 Å². The van der Waals surface area contributed by atoms with Crippen molar-refractivity contribution < 1.29 is 15.0 Å². The van der Waals surface area contributed by atoms with E-state index in [0.717, 1.165) is 11.1 Å². The van der Waals surface area contributed by atoms with Gasteiger partial charge in [-0.15, -0.1) is 0 Å². The average Bonchev–Trinajstić information content (AvgIpc) is 2.94. The highest BCUT2D eigenvalue weighted by Gasteiger charge is 2.48. The standard InChI is InChI=1S/C22H16O3/c23-21(24)20-19(15-9-3-1-4-10-15)17-13-7-8-14-18(17)22(20,25)16-11-5-2-6-12-16/h1-14,25H,(H,23,24). The summed E-state index contributed by atoms with van der Waals surface area (Å²) in [4.78, 5) is 12.2. The molecule has 3 nitrogen and oxygen atoms in total. The normalized spacial score (nSPS) is 18.9. The fourth-order valence-electron chi connectivity index (χ4n) is 3.61. The van der Waals surface area contributed by atoms with Crippen LogP contribution in [0.3, 0.4) is 0 Å². The van der Waals surface area contributed by atoms with Crippen LogP contribution < -0.4 is 0 Å². The predicted octanol–water partition coefficient (Wildman–Crippen LogP) is 3.82. The molecule has 0 fully saturated rings. The van der Waals surface area contributed by atoms with E-state index in [1.165, 1.54) is 0 Å². The molecule has 1 atom stereocenters. The van der Waals surface area contributed by atoms with Crippen LogP contribution in [-0.4, -0.2) is 16.2 Å². The van der Waals surface area contributed by atoms with Crippen molar-refractivity contribution >= 4 is 11.5 Å². The van der Waals surface area contributed by atoms with Gasteiger partial charge in [0, 0.05) is 11.1 Å². The van der Waals surface area contributed by atoms with E-state index in [1.54, 1.807) is 30.3 Å². The van der Waals surface area contributed by atoms with E-state index in [0.29, 0.717) is 16.7 Å². The SMILES string of the molecule is O=C(O)C1=C(c2ccccc2)c2ccccc2C1(O)c1ccccc1. The molecule has 0 amide bonds. The molecule has 0 spiro atoms. The molecule has 0 radical (unpaired) electrons. The lowest BCUT2D eigenvalue weighted by atomic mass is 9.83. The van der Waals surface area contributed by atoms with Crippen LogP contribution in [0.5, 0.6) is 0 Å². The van der Waals surface area contributed by atoms with Gasteiger partial charge in [0.05, 0.1) is 5.57 Å². The molecule has 0 heterocycles. The third-order valence-electron chi connectivity index (χ3n) is 4.67. The lowest BCUT2D eigenvalue weighted by Gasteiger charge is -2.26. The van der Waals surface area contributed by atoms with Crippen LogP contribution in [0.1, 0.15) is 22.3 Å². The van der Waals surface area contributed by atoms with Crippen molar-refractivity contribution in [3.05, 3.63) is 113 Å². The van der Waals surface area contributed by atoms with E-state index in [2.05, 4.69) is 0 Å². The van der Waals surface area contributed by atoms with E-state index in [9.17, 15) is 15.0 Å². The Morgan fingerprint density at radius 3 is 1.96 bits per heavy atom. The first-order chi connectivity index (χ1) is 12.1. The number of aliphatic hydroxyl groups is 1. The van der Waals surface area contributed by atoms with Crippen LogP contribution in [0, 0.1) is 0 Å². The summed E-state index contributed by atoms with van der Waals surface area (Å²) in [6.45, 7) is 0. The summed E-state index contributed by atoms with van der Waals surface area (Å²) in [5, 5.41) is 21.6. The summed E-state index contributed by atoms with van der Waals surface area (Å²) in [6, 6.07) is 25.6. The quantitative estimate of drug-likeness (QED) is 0.768. The van der Waals surface area contributed by atoms with Gasteiger partial charge in [0.15, 0.2) is 0 Å². The second-order valence-electron chi connectivity index (χ2n) is 6.04. The van der Waals surface area contributed by atoms with Gasteiger partial charge in [-0.1, -0.05) is 84.9 Å². The van der Waals surface area contributed by atoms with Gasteiger partial charge in [-0.2, -0.15) is 0 Å². The number of hydrogen-bond donors (Lipinski definition) is 2. The van der Waals surface area contributed by atoms with E-state index >= 15 is 0 Å². The van der Waals surface area contributed by atoms with E-state index in [-0.39, 0.29) is 5.57 Å². The molecule has 0 aromatic heterocycles. The van der Waals surface area contributed by atoms with Crippen LogP contribution >= 0.6 is 0 Å². The molecule has 1 aliphatic rings. The van der Waals surface area contributed by atoms with E-state index in [4.69, 9.17) is 0 Å². The van der Waals surface area contributed by atoms with Crippen molar-refractivity contribution in [3.8, 4) is 0 Å². The number of benzene rings is 3. The molecule has 0 saturated heterocycles. The molecule has 122 valence electrons. The maximum absolute atomic E-state index is 12.2. The van der Waals surface area contributed by atoms with Crippen LogP contribution in [0.25, 0.3) is 5.57 Å². The van der Waals surface area contributed by atoms with Crippen molar-refractivity contribution in [1.82, 2.24) is 0 Å². The fourth-order valence-corrected chi connectivity index (χ4v) is 3.61.